The van der Waals surface area contributed by atoms with Crippen molar-refractivity contribution in [2.75, 3.05) is 20.2 Å². The Morgan fingerprint density at radius 3 is 2.70 bits per heavy atom. The molecule has 10 heavy (non-hydrogen) atoms. The van der Waals surface area contributed by atoms with E-state index < -0.39 is 0 Å². The highest BCUT2D eigenvalue weighted by Crippen LogP contribution is 2.28. The third kappa shape index (κ3) is 1.96. The van der Waals surface area contributed by atoms with Crippen LogP contribution in [0.3, 0.4) is 0 Å². The van der Waals surface area contributed by atoms with Crippen molar-refractivity contribution in [2.45, 2.75) is 25.9 Å². The monoisotopic (exact) mass is 143 g/mol. The molecule has 0 bridgehead atoms. The second-order valence-electron chi connectivity index (χ2n) is 3.70. The van der Waals surface area contributed by atoms with E-state index >= 15 is 0 Å². The van der Waals surface area contributed by atoms with Gasteiger partial charge in [-0.1, -0.05) is 0 Å². The fourth-order valence-corrected chi connectivity index (χ4v) is 1.58. The minimum atomic E-state index is 0.127. The summed E-state index contributed by atoms with van der Waals surface area (Å²) in [5, 5.41) is 3.17. The van der Waals surface area contributed by atoms with Crippen LogP contribution in [0.2, 0.25) is 0 Å². The molecule has 2 nitrogen and oxygen atoms in total. The van der Waals surface area contributed by atoms with Crippen molar-refractivity contribution in [2.24, 2.45) is 5.92 Å². The van der Waals surface area contributed by atoms with Gasteiger partial charge in [0.2, 0.25) is 0 Å². The fraction of sp³-hybridized carbons (Fsp3) is 1.00. The predicted molar refractivity (Wildman–Crippen MR) is 42.1 cm³/mol. The zero-order valence-corrected chi connectivity index (χ0v) is 7.11. The first-order valence-electron chi connectivity index (χ1n) is 3.92. The molecule has 1 aliphatic rings. The summed E-state index contributed by atoms with van der Waals surface area (Å²) >= 11 is 0. The molecule has 60 valence electrons. The van der Waals surface area contributed by atoms with Crippen molar-refractivity contribution in [3.05, 3.63) is 0 Å². The van der Waals surface area contributed by atoms with Crippen LogP contribution in [0.25, 0.3) is 0 Å². The molecule has 1 aliphatic heterocycles. The van der Waals surface area contributed by atoms with E-state index in [1.807, 2.05) is 7.05 Å². The molecule has 0 spiro atoms. The van der Waals surface area contributed by atoms with Gasteiger partial charge in [0, 0.05) is 0 Å². The molecule has 1 fully saturated rings. The molecule has 0 saturated carbocycles. The van der Waals surface area contributed by atoms with Crippen LogP contribution in [0.4, 0.5) is 0 Å². The smallest absolute Gasteiger partial charge is 0.0630 e. The van der Waals surface area contributed by atoms with Gasteiger partial charge in [0.15, 0.2) is 0 Å². The van der Waals surface area contributed by atoms with Crippen LogP contribution >= 0.6 is 0 Å². The van der Waals surface area contributed by atoms with Gasteiger partial charge < -0.3 is 10.1 Å². The highest BCUT2D eigenvalue weighted by molar-refractivity contribution is 4.81. The van der Waals surface area contributed by atoms with E-state index in [1.165, 1.54) is 6.42 Å². The summed E-state index contributed by atoms with van der Waals surface area (Å²) in [5.74, 6) is 0.722. The summed E-state index contributed by atoms with van der Waals surface area (Å²) in [6.45, 7) is 6.32. The second kappa shape index (κ2) is 2.89. The Balaban J connectivity index is 2.29. The molecule has 0 aromatic rings. The third-order valence-corrected chi connectivity index (χ3v) is 1.98. The molecule has 1 N–H and O–H groups in total. The van der Waals surface area contributed by atoms with Crippen molar-refractivity contribution in [3.63, 3.8) is 0 Å². The standard InChI is InChI=1S/C8H17NO/c1-8(2)4-7(5-9-3)6-10-8/h7,9H,4-6H2,1-3H3/t7-/m0/s1. The van der Waals surface area contributed by atoms with Crippen LogP contribution < -0.4 is 5.32 Å². The Morgan fingerprint density at radius 2 is 2.30 bits per heavy atom. The fourth-order valence-electron chi connectivity index (χ4n) is 1.58. The third-order valence-electron chi connectivity index (χ3n) is 1.98. The maximum atomic E-state index is 5.57. The number of nitrogens with one attached hydrogen (secondary N) is 1. The molecule has 2 heteroatoms. The highest BCUT2D eigenvalue weighted by Gasteiger charge is 2.30. The van der Waals surface area contributed by atoms with E-state index in [0.717, 1.165) is 19.1 Å². The summed E-state index contributed by atoms with van der Waals surface area (Å²) in [7, 11) is 1.99. The van der Waals surface area contributed by atoms with Gasteiger partial charge >= 0.3 is 0 Å². The van der Waals surface area contributed by atoms with E-state index in [0.29, 0.717) is 0 Å². The summed E-state index contributed by atoms with van der Waals surface area (Å²) in [6.07, 6.45) is 1.19. The molecule has 0 radical (unpaired) electrons. The lowest BCUT2D eigenvalue weighted by atomic mass is 9.98. The average molecular weight is 143 g/mol. The van der Waals surface area contributed by atoms with Crippen LogP contribution in [0.15, 0.2) is 0 Å². The minimum absolute atomic E-state index is 0.127. The largest absolute Gasteiger partial charge is 0.375 e. The molecule has 0 aromatic heterocycles. The molecular weight excluding hydrogens is 126 g/mol. The van der Waals surface area contributed by atoms with Gasteiger partial charge in [-0.05, 0) is 39.8 Å². The Kier molecular flexibility index (Phi) is 2.32. The van der Waals surface area contributed by atoms with Gasteiger partial charge in [-0.15, -0.1) is 0 Å². The summed E-state index contributed by atoms with van der Waals surface area (Å²) in [4.78, 5) is 0. The number of ether oxygens (including phenoxy) is 1. The lowest BCUT2D eigenvalue weighted by Gasteiger charge is -2.15. The first-order chi connectivity index (χ1) is 4.64. The zero-order chi connectivity index (χ0) is 7.61. The molecule has 0 unspecified atom stereocenters. The lowest BCUT2D eigenvalue weighted by Crippen LogP contribution is -2.20. The van der Waals surface area contributed by atoms with Crippen LogP contribution in [0.5, 0.6) is 0 Å². The number of hydrogen-bond acceptors (Lipinski definition) is 2. The summed E-state index contributed by atoms with van der Waals surface area (Å²) < 4.78 is 5.57. The molecule has 0 aliphatic carbocycles. The molecular formula is C8H17NO. The molecule has 1 rings (SSSR count). The van der Waals surface area contributed by atoms with Crippen molar-refractivity contribution >= 4 is 0 Å². The Bertz CT molecular complexity index is 112. The van der Waals surface area contributed by atoms with Crippen LogP contribution in [0.1, 0.15) is 20.3 Å². The number of rotatable bonds is 2. The zero-order valence-electron chi connectivity index (χ0n) is 7.11. The molecule has 1 heterocycles. The minimum Gasteiger partial charge on any atom is -0.375 e. The Morgan fingerprint density at radius 1 is 1.60 bits per heavy atom. The van der Waals surface area contributed by atoms with Crippen molar-refractivity contribution < 1.29 is 4.74 Å². The molecule has 1 atom stereocenters. The van der Waals surface area contributed by atoms with Gasteiger partial charge in [-0.25, -0.2) is 0 Å². The first-order valence-corrected chi connectivity index (χ1v) is 3.92. The van der Waals surface area contributed by atoms with Gasteiger partial charge in [0.25, 0.3) is 0 Å². The van der Waals surface area contributed by atoms with Gasteiger partial charge in [-0.2, -0.15) is 0 Å². The summed E-state index contributed by atoms with van der Waals surface area (Å²) in [6, 6.07) is 0. The maximum absolute atomic E-state index is 5.57. The van der Waals surface area contributed by atoms with E-state index in [9.17, 15) is 0 Å². The molecule has 0 aromatic carbocycles. The van der Waals surface area contributed by atoms with Gasteiger partial charge in [0.1, 0.15) is 0 Å². The van der Waals surface area contributed by atoms with E-state index in [1.54, 1.807) is 0 Å². The quantitative estimate of drug-likeness (QED) is 0.623. The van der Waals surface area contributed by atoms with E-state index in [4.69, 9.17) is 4.74 Å². The molecule has 0 amide bonds. The van der Waals surface area contributed by atoms with Crippen LogP contribution in [-0.2, 0) is 4.74 Å². The van der Waals surface area contributed by atoms with Crippen molar-refractivity contribution in [3.8, 4) is 0 Å². The van der Waals surface area contributed by atoms with E-state index in [-0.39, 0.29) is 5.60 Å². The van der Waals surface area contributed by atoms with E-state index in [2.05, 4.69) is 19.2 Å². The molecule has 1 saturated heterocycles. The second-order valence-corrected chi connectivity index (χ2v) is 3.70. The Labute approximate surface area is 63.0 Å². The maximum Gasteiger partial charge on any atom is 0.0630 e. The van der Waals surface area contributed by atoms with Crippen LogP contribution in [0, 0.1) is 5.92 Å². The summed E-state index contributed by atoms with van der Waals surface area (Å²) in [5.41, 5.74) is 0.127. The van der Waals surface area contributed by atoms with Gasteiger partial charge in [-0.3, -0.25) is 0 Å². The normalized spacial score (nSPS) is 30.9. The predicted octanol–water partition coefficient (Wildman–Crippen LogP) is 1.02. The van der Waals surface area contributed by atoms with Crippen molar-refractivity contribution in [1.82, 2.24) is 5.32 Å². The highest BCUT2D eigenvalue weighted by atomic mass is 16.5. The first kappa shape index (κ1) is 8.02. The average Bonchev–Trinajstić information content (AvgIpc) is 2.12. The van der Waals surface area contributed by atoms with Gasteiger partial charge in [0.05, 0.1) is 12.2 Å². The Hall–Kier alpha value is -0.0800. The van der Waals surface area contributed by atoms with Crippen LogP contribution in [-0.4, -0.2) is 25.8 Å². The van der Waals surface area contributed by atoms with Crippen molar-refractivity contribution in [1.29, 1.82) is 0 Å². The topological polar surface area (TPSA) is 21.3 Å². The lowest BCUT2D eigenvalue weighted by molar-refractivity contribution is 0.0350. The SMILES string of the molecule is CNC[C@H]1COC(C)(C)C1. The number of hydrogen-bond donors (Lipinski definition) is 1.